The number of ether oxygens (including phenoxy) is 2. The minimum Gasteiger partial charge on any atom is -0.493 e. The van der Waals surface area contributed by atoms with E-state index in [4.69, 9.17) is 9.47 Å². The highest BCUT2D eigenvalue weighted by molar-refractivity contribution is 5.94. The zero-order chi connectivity index (χ0) is 18.4. The molecule has 2 aliphatic rings. The summed E-state index contributed by atoms with van der Waals surface area (Å²) < 4.78 is 11.2. The van der Waals surface area contributed by atoms with Crippen molar-refractivity contribution in [3.8, 4) is 5.75 Å². The molecule has 0 atom stereocenters. The lowest BCUT2D eigenvalue weighted by Gasteiger charge is -2.31. The van der Waals surface area contributed by atoms with Crippen LogP contribution < -0.4 is 4.74 Å². The van der Waals surface area contributed by atoms with Gasteiger partial charge in [-0.15, -0.1) is 0 Å². The Bertz CT molecular complexity index is 603. The Morgan fingerprint density at radius 1 is 1.04 bits per heavy atom. The Morgan fingerprint density at radius 2 is 1.69 bits per heavy atom. The molecule has 0 spiro atoms. The van der Waals surface area contributed by atoms with Gasteiger partial charge in [-0.1, -0.05) is 6.92 Å². The lowest BCUT2D eigenvalue weighted by Crippen LogP contribution is -2.40. The second kappa shape index (κ2) is 9.03. The molecule has 26 heavy (non-hydrogen) atoms. The Labute approximate surface area is 155 Å². The Kier molecular flexibility index (Phi) is 6.50. The molecule has 6 nitrogen and oxygen atoms in total. The van der Waals surface area contributed by atoms with E-state index in [0.29, 0.717) is 50.8 Å². The van der Waals surface area contributed by atoms with Crippen LogP contribution >= 0.6 is 0 Å². The molecule has 0 unspecified atom stereocenters. The van der Waals surface area contributed by atoms with Crippen LogP contribution in [0.4, 0.5) is 0 Å². The van der Waals surface area contributed by atoms with Crippen molar-refractivity contribution in [1.29, 1.82) is 0 Å². The fourth-order valence-corrected chi connectivity index (χ4v) is 3.43. The maximum atomic E-state index is 12.4. The number of benzene rings is 1. The van der Waals surface area contributed by atoms with Gasteiger partial charge in [-0.25, -0.2) is 0 Å². The van der Waals surface area contributed by atoms with Crippen LogP contribution in [0.1, 0.15) is 36.5 Å². The summed E-state index contributed by atoms with van der Waals surface area (Å²) in [6.07, 6.45) is 2.55. The van der Waals surface area contributed by atoms with Crippen LogP contribution in [-0.2, 0) is 9.53 Å². The third-order valence-corrected chi connectivity index (χ3v) is 5.15. The van der Waals surface area contributed by atoms with E-state index in [1.165, 1.54) is 0 Å². The van der Waals surface area contributed by atoms with E-state index in [-0.39, 0.29) is 11.8 Å². The summed E-state index contributed by atoms with van der Waals surface area (Å²) in [5.41, 5.74) is 0.686. The topological polar surface area (TPSA) is 59.1 Å². The molecule has 3 rings (SSSR count). The van der Waals surface area contributed by atoms with Crippen molar-refractivity contribution in [1.82, 2.24) is 9.80 Å². The number of nitrogens with zero attached hydrogens (tertiary/aromatic N) is 2. The monoisotopic (exact) mass is 360 g/mol. The first-order valence-electron chi connectivity index (χ1n) is 9.55. The Hall–Kier alpha value is -2.08. The van der Waals surface area contributed by atoms with Crippen LogP contribution in [0.3, 0.4) is 0 Å². The van der Waals surface area contributed by atoms with Crippen molar-refractivity contribution in [3.05, 3.63) is 29.8 Å². The molecule has 1 aromatic carbocycles. The van der Waals surface area contributed by atoms with Crippen molar-refractivity contribution < 1.29 is 19.1 Å². The van der Waals surface area contributed by atoms with Crippen LogP contribution in [0.2, 0.25) is 0 Å². The second-order valence-corrected chi connectivity index (χ2v) is 6.92. The second-order valence-electron chi connectivity index (χ2n) is 6.92. The van der Waals surface area contributed by atoms with Crippen LogP contribution in [0.15, 0.2) is 24.3 Å². The molecule has 0 aliphatic carbocycles. The maximum absolute atomic E-state index is 12.4. The van der Waals surface area contributed by atoms with Crippen molar-refractivity contribution in [2.45, 2.75) is 26.2 Å². The summed E-state index contributed by atoms with van der Waals surface area (Å²) in [4.78, 5) is 27.9. The van der Waals surface area contributed by atoms with E-state index in [0.717, 1.165) is 31.7 Å². The van der Waals surface area contributed by atoms with E-state index < -0.39 is 0 Å². The van der Waals surface area contributed by atoms with E-state index in [1.807, 2.05) is 41.0 Å². The van der Waals surface area contributed by atoms with Gasteiger partial charge in [0.2, 0.25) is 5.91 Å². The predicted octanol–water partition coefficient (Wildman–Crippen LogP) is 2.19. The van der Waals surface area contributed by atoms with Crippen molar-refractivity contribution in [3.63, 3.8) is 0 Å². The lowest BCUT2D eigenvalue weighted by molar-refractivity contribution is -0.132. The van der Waals surface area contributed by atoms with E-state index >= 15 is 0 Å². The third-order valence-electron chi connectivity index (χ3n) is 5.15. The summed E-state index contributed by atoms with van der Waals surface area (Å²) in [7, 11) is 0. The van der Waals surface area contributed by atoms with E-state index in [2.05, 4.69) is 0 Å². The van der Waals surface area contributed by atoms with Gasteiger partial charge in [0, 0.05) is 38.2 Å². The average Bonchev–Trinajstić information content (AvgIpc) is 2.72. The van der Waals surface area contributed by atoms with Crippen LogP contribution in [0.25, 0.3) is 0 Å². The Balaban J connectivity index is 1.45. The predicted molar refractivity (Wildman–Crippen MR) is 98.3 cm³/mol. The van der Waals surface area contributed by atoms with Gasteiger partial charge in [-0.2, -0.15) is 0 Å². The number of carbonyl (C=O) groups is 2. The number of hydrogen-bond donors (Lipinski definition) is 0. The van der Waals surface area contributed by atoms with Crippen LogP contribution in [0, 0.1) is 5.92 Å². The molecule has 0 N–H and O–H groups in total. The fraction of sp³-hybridized carbons (Fsp3) is 0.600. The summed E-state index contributed by atoms with van der Waals surface area (Å²) in [5, 5.41) is 0. The SMILES string of the molecule is CCC(=O)N1CCC(COc2ccc(C(=O)N3CCOCC3)cc2)CC1. The highest BCUT2D eigenvalue weighted by atomic mass is 16.5. The number of rotatable bonds is 5. The molecule has 2 amide bonds. The number of morpholine rings is 1. The van der Waals surface area contributed by atoms with Gasteiger partial charge < -0.3 is 19.3 Å². The smallest absolute Gasteiger partial charge is 0.254 e. The van der Waals surface area contributed by atoms with Crippen molar-refractivity contribution >= 4 is 11.8 Å². The van der Waals surface area contributed by atoms with Crippen LogP contribution in [0.5, 0.6) is 5.75 Å². The maximum Gasteiger partial charge on any atom is 0.254 e. The van der Waals surface area contributed by atoms with Gasteiger partial charge in [-0.05, 0) is 43.0 Å². The highest BCUT2D eigenvalue weighted by Crippen LogP contribution is 2.21. The zero-order valence-corrected chi connectivity index (χ0v) is 15.5. The minimum absolute atomic E-state index is 0.0489. The molecule has 142 valence electrons. The number of carbonyl (C=O) groups excluding carboxylic acids is 2. The molecule has 0 bridgehead atoms. The first-order chi connectivity index (χ1) is 12.7. The van der Waals surface area contributed by atoms with Gasteiger partial charge in [0.15, 0.2) is 0 Å². The third kappa shape index (κ3) is 4.75. The fourth-order valence-electron chi connectivity index (χ4n) is 3.43. The van der Waals surface area contributed by atoms with Gasteiger partial charge in [-0.3, -0.25) is 9.59 Å². The molecule has 2 aliphatic heterocycles. The number of hydrogen-bond acceptors (Lipinski definition) is 4. The normalized spacial score (nSPS) is 18.7. The molecular formula is C20H28N2O4. The number of likely N-dealkylation sites (tertiary alicyclic amines) is 1. The average molecular weight is 360 g/mol. The minimum atomic E-state index is 0.0489. The standard InChI is InChI=1S/C20H28N2O4/c1-2-19(23)21-9-7-16(8-10-21)15-26-18-5-3-17(4-6-18)20(24)22-11-13-25-14-12-22/h3-6,16H,2,7-15H2,1H3. The van der Waals surface area contributed by atoms with E-state index in [9.17, 15) is 9.59 Å². The number of amides is 2. The molecule has 6 heteroatoms. The summed E-state index contributed by atoms with van der Waals surface area (Å²) in [5.74, 6) is 1.55. The summed E-state index contributed by atoms with van der Waals surface area (Å²) in [6.45, 7) is 6.73. The molecule has 2 heterocycles. The first kappa shape index (κ1) is 18.7. The Morgan fingerprint density at radius 3 is 2.31 bits per heavy atom. The van der Waals surface area contributed by atoms with Gasteiger partial charge in [0.1, 0.15) is 5.75 Å². The number of piperidine rings is 1. The first-order valence-corrected chi connectivity index (χ1v) is 9.55. The largest absolute Gasteiger partial charge is 0.493 e. The molecule has 2 fully saturated rings. The van der Waals surface area contributed by atoms with Crippen molar-refractivity contribution in [2.75, 3.05) is 46.0 Å². The quantitative estimate of drug-likeness (QED) is 0.808. The zero-order valence-electron chi connectivity index (χ0n) is 15.5. The van der Waals surface area contributed by atoms with E-state index in [1.54, 1.807) is 0 Å². The molecule has 2 saturated heterocycles. The summed E-state index contributed by atoms with van der Waals surface area (Å²) >= 11 is 0. The molecule has 0 radical (unpaired) electrons. The molecular weight excluding hydrogens is 332 g/mol. The van der Waals surface area contributed by atoms with Gasteiger partial charge in [0.25, 0.3) is 5.91 Å². The molecule has 1 aromatic rings. The highest BCUT2D eigenvalue weighted by Gasteiger charge is 2.22. The molecule has 0 aromatic heterocycles. The summed E-state index contributed by atoms with van der Waals surface area (Å²) in [6, 6.07) is 7.39. The van der Waals surface area contributed by atoms with Gasteiger partial charge >= 0.3 is 0 Å². The van der Waals surface area contributed by atoms with Crippen LogP contribution in [-0.4, -0.2) is 67.6 Å². The molecule has 0 saturated carbocycles. The van der Waals surface area contributed by atoms with Gasteiger partial charge in [0.05, 0.1) is 19.8 Å². The lowest BCUT2D eigenvalue weighted by atomic mass is 9.97. The van der Waals surface area contributed by atoms with Crippen molar-refractivity contribution in [2.24, 2.45) is 5.92 Å².